The number of hydrogen-bond acceptors (Lipinski definition) is 2. The molecular weight excluding hydrogens is 253 g/mol. The van der Waals surface area contributed by atoms with Gasteiger partial charge in [-0.25, -0.2) is 0 Å². The SMILES string of the molecule is CCN(CC(F)(F)F)c1cc(Cl)ccc1C#N. The van der Waals surface area contributed by atoms with Gasteiger partial charge in [0.2, 0.25) is 0 Å². The number of hydrogen-bond donors (Lipinski definition) is 0. The van der Waals surface area contributed by atoms with Gasteiger partial charge < -0.3 is 4.90 Å². The van der Waals surface area contributed by atoms with E-state index in [1.165, 1.54) is 18.2 Å². The van der Waals surface area contributed by atoms with Gasteiger partial charge in [-0.1, -0.05) is 11.6 Å². The molecule has 0 aliphatic heterocycles. The lowest BCUT2D eigenvalue weighted by atomic mass is 10.1. The summed E-state index contributed by atoms with van der Waals surface area (Å²) in [7, 11) is 0. The van der Waals surface area contributed by atoms with Crippen molar-refractivity contribution in [3.05, 3.63) is 28.8 Å². The van der Waals surface area contributed by atoms with Gasteiger partial charge in [-0.2, -0.15) is 18.4 Å². The first-order valence-corrected chi connectivity index (χ1v) is 5.26. The number of halogens is 4. The summed E-state index contributed by atoms with van der Waals surface area (Å²) in [5, 5.41) is 9.16. The monoisotopic (exact) mass is 262 g/mol. The zero-order chi connectivity index (χ0) is 13.1. The van der Waals surface area contributed by atoms with Gasteiger partial charge in [0.1, 0.15) is 12.6 Å². The molecule has 0 saturated heterocycles. The fourth-order valence-electron chi connectivity index (χ4n) is 1.44. The van der Waals surface area contributed by atoms with Gasteiger partial charge >= 0.3 is 6.18 Å². The average molecular weight is 263 g/mol. The lowest BCUT2D eigenvalue weighted by Gasteiger charge is -2.25. The highest BCUT2D eigenvalue weighted by Gasteiger charge is 2.31. The van der Waals surface area contributed by atoms with Crippen LogP contribution in [-0.2, 0) is 0 Å². The smallest absolute Gasteiger partial charge is 0.362 e. The number of benzene rings is 1. The van der Waals surface area contributed by atoms with Crippen molar-refractivity contribution >= 4 is 17.3 Å². The number of nitrogens with zero attached hydrogens (tertiary/aromatic N) is 2. The van der Waals surface area contributed by atoms with Gasteiger partial charge in [-0.3, -0.25) is 0 Å². The Kier molecular flexibility index (Phi) is 4.24. The Hall–Kier alpha value is -1.41. The molecule has 0 saturated carbocycles. The molecule has 0 amide bonds. The van der Waals surface area contributed by atoms with E-state index in [4.69, 9.17) is 16.9 Å². The molecule has 0 aromatic heterocycles. The van der Waals surface area contributed by atoms with Crippen molar-refractivity contribution in [1.29, 1.82) is 5.26 Å². The molecule has 0 heterocycles. The lowest BCUT2D eigenvalue weighted by Crippen LogP contribution is -2.34. The third-order valence-electron chi connectivity index (χ3n) is 2.17. The maximum Gasteiger partial charge on any atom is 0.405 e. The van der Waals surface area contributed by atoms with Crippen molar-refractivity contribution in [2.75, 3.05) is 18.0 Å². The van der Waals surface area contributed by atoms with Crippen molar-refractivity contribution in [1.82, 2.24) is 0 Å². The van der Waals surface area contributed by atoms with Gasteiger partial charge in [0.15, 0.2) is 0 Å². The highest BCUT2D eigenvalue weighted by Crippen LogP contribution is 2.27. The predicted octanol–water partition coefficient (Wildman–Crippen LogP) is 3.60. The molecule has 0 spiro atoms. The van der Waals surface area contributed by atoms with Crippen LogP contribution in [-0.4, -0.2) is 19.3 Å². The van der Waals surface area contributed by atoms with Crippen LogP contribution in [0.4, 0.5) is 18.9 Å². The van der Waals surface area contributed by atoms with E-state index < -0.39 is 12.7 Å². The van der Waals surface area contributed by atoms with Crippen LogP contribution in [0.25, 0.3) is 0 Å². The molecule has 1 aromatic carbocycles. The van der Waals surface area contributed by atoms with Crippen LogP contribution in [0.5, 0.6) is 0 Å². The molecule has 0 fully saturated rings. The molecule has 92 valence electrons. The van der Waals surface area contributed by atoms with Gasteiger partial charge in [0, 0.05) is 11.6 Å². The highest BCUT2D eigenvalue weighted by atomic mass is 35.5. The Balaban J connectivity index is 3.11. The van der Waals surface area contributed by atoms with E-state index >= 15 is 0 Å². The van der Waals surface area contributed by atoms with E-state index in [1.54, 1.807) is 6.92 Å². The summed E-state index contributed by atoms with van der Waals surface area (Å²) in [5.74, 6) is 0. The van der Waals surface area contributed by atoms with E-state index in [0.29, 0.717) is 5.02 Å². The zero-order valence-electron chi connectivity index (χ0n) is 9.05. The topological polar surface area (TPSA) is 27.0 Å². The molecule has 0 aliphatic rings. The minimum atomic E-state index is -4.31. The Labute approximate surface area is 102 Å². The minimum Gasteiger partial charge on any atom is -0.362 e. The molecular formula is C11H10ClF3N2. The maximum atomic E-state index is 12.4. The molecule has 17 heavy (non-hydrogen) atoms. The summed E-state index contributed by atoms with van der Waals surface area (Å²) in [5.41, 5.74) is 0.389. The Morgan fingerprint density at radius 3 is 2.53 bits per heavy atom. The van der Waals surface area contributed by atoms with Crippen molar-refractivity contribution in [3.63, 3.8) is 0 Å². The maximum absolute atomic E-state index is 12.4. The van der Waals surface area contributed by atoms with E-state index in [-0.39, 0.29) is 17.8 Å². The summed E-state index contributed by atoms with van der Waals surface area (Å²) in [6.45, 7) is 0.640. The summed E-state index contributed by atoms with van der Waals surface area (Å²) in [6, 6.07) is 6.12. The third-order valence-corrected chi connectivity index (χ3v) is 2.41. The van der Waals surface area contributed by atoms with Crippen molar-refractivity contribution in [2.45, 2.75) is 13.1 Å². The molecule has 0 radical (unpaired) electrons. The van der Waals surface area contributed by atoms with Gasteiger partial charge in [0.25, 0.3) is 0 Å². The fraction of sp³-hybridized carbons (Fsp3) is 0.364. The zero-order valence-corrected chi connectivity index (χ0v) is 9.81. The summed E-state index contributed by atoms with van der Waals surface area (Å²) >= 11 is 5.73. The second kappa shape index (κ2) is 5.28. The Morgan fingerprint density at radius 2 is 2.06 bits per heavy atom. The van der Waals surface area contributed by atoms with E-state index in [1.807, 2.05) is 6.07 Å². The van der Waals surface area contributed by atoms with Crippen LogP contribution in [0.3, 0.4) is 0 Å². The minimum absolute atomic E-state index is 0.147. The van der Waals surface area contributed by atoms with Gasteiger partial charge in [-0.05, 0) is 25.1 Å². The molecule has 2 nitrogen and oxygen atoms in total. The molecule has 1 aromatic rings. The van der Waals surface area contributed by atoms with Crippen LogP contribution in [0.1, 0.15) is 12.5 Å². The van der Waals surface area contributed by atoms with Crippen molar-refractivity contribution in [3.8, 4) is 6.07 Å². The summed E-state index contributed by atoms with van der Waals surface area (Å²) in [6.07, 6.45) is -4.31. The second-order valence-corrected chi connectivity index (χ2v) is 3.84. The fourth-order valence-corrected chi connectivity index (χ4v) is 1.61. The Bertz CT molecular complexity index is 437. The molecule has 0 N–H and O–H groups in total. The van der Waals surface area contributed by atoms with E-state index in [2.05, 4.69) is 0 Å². The van der Waals surface area contributed by atoms with Crippen LogP contribution < -0.4 is 4.90 Å². The van der Waals surface area contributed by atoms with Crippen molar-refractivity contribution < 1.29 is 13.2 Å². The van der Waals surface area contributed by atoms with Crippen LogP contribution in [0, 0.1) is 11.3 Å². The predicted molar refractivity (Wildman–Crippen MR) is 60.1 cm³/mol. The average Bonchev–Trinajstić information content (AvgIpc) is 2.24. The first kappa shape index (κ1) is 13.7. The van der Waals surface area contributed by atoms with Crippen LogP contribution in [0.2, 0.25) is 5.02 Å². The standard InChI is InChI=1S/C11H10ClF3N2/c1-2-17(7-11(13,14)15)10-5-9(12)4-3-8(10)6-16/h3-5H,2,7H2,1H3. The van der Waals surface area contributed by atoms with Crippen molar-refractivity contribution in [2.24, 2.45) is 0 Å². The molecule has 6 heteroatoms. The van der Waals surface area contributed by atoms with E-state index in [9.17, 15) is 13.2 Å². The molecule has 1 rings (SSSR count). The quantitative estimate of drug-likeness (QED) is 0.832. The summed E-state index contributed by atoms with van der Waals surface area (Å²) in [4.78, 5) is 1.07. The third kappa shape index (κ3) is 3.82. The summed E-state index contributed by atoms with van der Waals surface area (Å²) < 4.78 is 37.1. The molecule has 0 bridgehead atoms. The Morgan fingerprint density at radius 1 is 1.41 bits per heavy atom. The van der Waals surface area contributed by atoms with E-state index in [0.717, 1.165) is 4.90 Å². The molecule has 0 unspecified atom stereocenters. The number of nitriles is 1. The second-order valence-electron chi connectivity index (χ2n) is 3.40. The number of anilines is 1. The molecule has 0 aliphatic carbocycles. The number of rotatable bonds is 3. The highest BCUT2D eigenvalue weighted by molar-refractivity contribution is 6.30. The largest absolute Gasteiger partial charge is 0.405 e. The van der Waals surface area contributed by atoms with Gasteiger partial charge in [-0.15, -0.1) is 0 Å². The van der Waals surface area contributed by atoms with Gasteiger partial charge in [0.05, 0.1) is 11.3 Å². The first-order chi connectivity index (χ1) is 7.87. The number of alkyl halides is 3. The normalized spacial score (nSPS) is 11.1. The van der Waals surface area contributed by atoms with Crippen LogP contribution in [0.15, 0.2) is 18.2 Å². The molecule has 0 atom stereocenters. The lowest BCUT2D eigenvalue weighted by molar-refractivity contribution is -0.119. The first-order valence-electron chi connectivity index (χ1n) is 4.88. The van der Waals surface area contributed by atoms with Crippen LogP contribution >= 0.6 is 11.6 Å².